The number of ketones is 1. The average molecular weight is 389 g/mol. The van der Waals surface area contributed by atoms with Crippen LogP contribution in [0.1, 0.15) is 78.6 Å². The molecule has 0 saturated carbocycles. The third-order valence-corrected chi connectivity index (χ3v) is 4.40. The van der Waals surface area contributed by atoms with Crippen molar-refractivity contribution in [3.8, 4) is 0 Å². The Morgan fingerprint density at radius 1 is 1.00 bits per heavy atom. The molecule has 0 fully saturated rings. The van der Waals surface area contributed by atoms with Crippen LogP contribution < -0.4 is 5.32 Å². The molecule has 0 rings (SSSR count). The summed E-state index contributed by atoms with van der Waals surface area (Å²) >= 11 is 0. The average Bonchev–Trinajstić information content (AvgIpc) is 2.61. The highest BCUT2D eigenvalue weighted by Gasteiger charge is 2.13. The Hall–Kier alpha value is -2.39. The Labute approximate surface area is 170 Å². The smallest absolute Gasteiger partial charge is 0.224 e. The fourth-order valence-corrected chi connectivity index (χ4v) is 2.95. The molecule has 2 N–H and O–H groups in total. The van der Waals surface area contributed by atoms with Crippen LogP contribution in [0.15, 0.2) is 41.5 Å². The van der Waals surface area contributed by atoms with Gasteiger partial charge in [-0.2, -0.15) is 0 Å². The molecule has 0 aliphatic heterocycles. The van der Waals surface area contributed by atoms with E-state index in [1.165, 1.54) is 7.11 Å². The van der Waals surface area contributed by atoms with Crippen LogP contribution in [-0.2, 0) is 14.3 Å². The van der Waals surface area contributed by atoms with Gasteiger partial charge in [0.15, 0.2) is 5.76 Å². The van der Waals surface area contributed by atoms with E-state index in [1.807, 2.05) is 0 Å². The van der Waals surface area contributed by atoms with Crippen molar-refractivity contribution >= 4 is 17.4 Å². The number of amides is 1. The van der Waals surface area contributed by atoms with Crippen molar-refractivity contribution in [1.82, 2.24) is 5.32 Å². The lowest BCUT2D eigenvalue weighted by molar-refractivity contribution is -0.120. The summed E-state index contributed by atoms with van der Waals surface area (Å²) in [5.74, 6) is 0.502. The van der Waals surface area contributed by atoms with Gasteiger partial charge in [-0.05, 0) is 40.0 Å². The minimum absolute atomic E-state index is 0.0963. The molecule has 0 atom stereocenters. The Kier molecular flexibility index (Phi) is 13.4. The van der Waals surface area contributed by atoms with E-state index >= 15 is 0 Å². The molecule has 0 aliphatic rings. The molecule has 1 amide bonds. The predicted octanol–water partition coefficient (Wildman–Crippen LogP) is 5.39. The largest absolute Gasteiger partial charge is 0.489 e. The van der Waals surface area contributed by atoms with Gasteiger partial charge in [0.25, 0.3) is 0 Å². The van der Waals surface area contributed by atoms with Gasteiger partial charge in [0.1, 0.15) is 5.78 Å². The molecule has 0 saturated heterocycles. The lowest BCUT2D eigenvalue weighted by Gasteiger charge is -2.13. The van der Waals surface area contributed by atoms with Crippen molar-refractivity contribution in [2.45, 2.75) is 78.6 Å². The van der Waals surface area contributed by atoms with Gasteiger partial charge in [0, 0.05) is 18.4 Å². The van der Waals surface area contributed by atoms with Gasteiger partial charge < -0.3 is 15.5 Å². The lowest BCUT2D eigenvalue weighted by atomic mass is 10.0. The molecule has 0 aromatic heterocycles. The zero-order chi connectivity index (χ0) is 21.5. The summed E-state index contributed by atoms with van der Waals surface area (Å²) in [7, 11) is 1.51. The first kappa shape index (κ1) is 25.6. The second-order valence-corrected chi connectivity index (χ2v) is 7.13. The standard InChI is InChI=1S/C23H36N2O3/c1-7-21(28-6)19(4)23(20(5)24)25-22(27)15-13-11-9-8-10-12-14-17(2)16-18(3)26/h24H,1-2,8-16H2,3-6H3,(H,25,27)/b23-19-,24-20?. The number of unbranched alkanes of at least 4 members (excludes halogenated alkanes) is 5. The maximum Gasteiger partial charge on any atom is 0.224 e. The second-order valence-electron chi connectivity index (χ2n) is 7.13. The molecule has 5 nitrogen and oxygen atoms in total. The van der Waals surface area contributed by atoms with Crippen LogP contribution in [0.5, 0.6) is 0 Å². The van der Waals surface area contributed by atoms with E-state index in [0.717, 1.165) is 50.5 Å². The van der Waals surface area contributed by atoms with Gasteiger partial charge in [-0.15, -0.1) is 0 Å². The van der Waals surface area contributed by atoms with Crippen molar-refractivity contribution in [1.29, 1.82) is 5.41 Å². The highest BCUT2D eigenvalue weighted by molar-refractivity contribution is 6.00. The first-order chi connectivity index (χ1) is 13.2. The maximum atomic E-state index is 12.2. The minimum Gasteiger partial charge on any atom is -0.489 e. The molecule has 0 spiro atoms. The molecule has 0 aliphatic carbocycles. The summed E-state index contributed by atoms with van der Waals surface area (Å²) in [5.41, 5.74) is 5.05. The zero-order valence-electron chi connectivity index (χ0n) is 18.0. The molecule has 0 radical (unpaired) electrons. The van der Waals surface area contributed by atoms with Crippen LogP contribution in [0.3, 0.4) is 0 Å². The first-order valence-electron chi connectivity index (χ1n) is 9.89. The van der Waals surface area contributed by atoms with Crippen LogP contribution in [0.4, 0.5) is 0 Å². The van der Waals surface area contributed by atoms with Crippen molar-refractivity contribution in [3.63, 3.8) is 0 Å². The van der Waals surface area contributed by atoms with Gasteiger partial charge >= 0.3 is 0 Å². The zero-order valence-corrected chi connectivity index (χ0v) is 18.0. The van der Waals surface area contributed by atoms with Gasteiger partial charge in [0.2, 0.25) is 5.91 Å². The van der Waals surface area contributed by atoms with Crippen molar-refractivity contribution in [2.24, 2.45) is 0 Å². The quantitative estimate of drug-likeness (QED) is 0.0986. The normalized spacial score (nSPS) is 11.1. The summed E-state index contributed by atoms with van der Waals surface area (Å²) < 4.78 is 5.17. The molecule has 5 heteroatoms. The van der Waals surface area contributed by atoms with E-state index in [4.69, 9.17) is 10.1 Å². The Bertz CT molecular complexity index is 653. The summed E-state index contributed by atoms with van der Waals surface area (Å²) in [6.45, 7) is 12.5. The number of hydrogen-bond donors (Lipinski definition) is 2. The number of hydrogen-bond acceptors (Lipinski definition) is 4. The van der Waals surface area contributed by atoms with E-state index in [0.29, 0.717) is 29.9 Å². The fraction of sp³-hybridized carbons (Fsp3) is 0.565. The Morgan fingerprint density at radius 3 is 2.00 bits per heavy atom. The fourth-order valence-electron chi connectivity index (χ4n) is 2.95. The maximum absolute atomic E-state index is 12.2. The molecule has 156 valence electrons. The first-order valence-corrected chi connectivity index (χ1v) is 9.89. The number of ether oxygens (including phenoxy) is 1. The molecule has 28 heavy (non-hydrogen) atoms. The number of carbonyl (C=O) groups is 2. The molecule has 0 heterocycles. The summed E-state index contributed by atoms with van der Waals surface area (Å²) in [5, 5.41) is 10.7. The number of allylic oxidation sites excluding steroid dienone is 3. The number of carbonyl (C=O) groups excluding carboxylic acids is 2. The van der Waals surface area contributed by atoms with E-state index in [-0.39, 0.29) is 17.4 Å². The number of Topliss-reactive ketones (excluding diaryl/α,β-unsaturated/α-hetero) is 1. The van der Waals surface area contributed by atoms with Gasteiger partial charge in [-0.3, -0.25) is 9.59 Å². The highest BCUT2D eigenvalue weighted by atomic mass is 16.5. The predicted molar refractivity (Wildman–Crippen MR) is 115 cm³/mol. The van der Waals surface area contributed by atoms with Crippen LogP contribution >= 0.6 is 0 Å². The van der Waals surface area contributed by atoms with E-state index in [1.54, 1.807) is 20.8 Å². The Balaban J connectivity index is 4.14. The van der Waals surface area contributed by atoms with E-state index in [9.17, 15) is 9.59 Å². The molecular weight excluding hydrogens is 352 g/mol. The molecular formula is C23H36N2O3. The molecule has 0 aromatic rings. The molecule has 0 unspecified atom stereocenters. The van der Waals surface area contributed by atoms with Gasteiger partial charge in [-0.25, -0.2) is 0 Å². The lowest BCUT2D eigenvalue weighted by Crippen LogP contribution is -2.27. The molecule has 0 aromatic carbocycles. The third kappa shape index (κ3) is 11.3. The summed E-state index contributed by atoms with van der Waals surface area (Å²) in [6, 6.07) is 0. The van der Waals surface area contributed by atoms with Crippen molar-refractivity contribution in [2.75, 3.05) is 7.11 Å². The number of nitrogens with one attached hydrogen (secondary N) is 2. The molecule has 0 bridgehead atoms. The monoisotopic (exact) mass is 388 g/mol. The van der Waals surface area contributed by atoms with Crippen molar-refractivity contribution in [3.05, 3.63) is 41.5 Å². The summed E-state index contributed by atoms with van der Waals surface area (Å²) in [6.07, 6.45) is 8.06. The van der Waals surface area contributed by atoms with Gasteiger partial charge in [0.05, 0.1) is 18.5 Å². The van der Waals surface area contributed by atoms with Crippen molar-refractivity contribution < 1.29 is 14.3 Å². The summed E-state index contributed by atoms with van der Waals surface area (Å²) in [4.78, 5) is 23.2. The highest BCUT2D eigenvalue weighted by Crippen LogP contribution is 2.15. The van der Waals surface area contributed by atoms with Crippen LogP contribution in [0.2, 0.25) is 0 Å². The van der Waals surface area contributed by atoms with Gasteiger partial charge in [-0.1, -0.05) is 50.1 Å². The third-order valence-electron chi connectivity index (χ3n) is 4.40. The van der Waals surface area contributed by atoms with E-state index < -0.39 is 0 Å². The SMILES string of the molecule is C=C=C(OC)/C(C)=C(\NC(=O)CCCCCCCCC(=C)CC(C)=O)C(C)=N. The number of methoxy groups -OCH3 is 1. The number of rotatable bonds is 15. The second kappa shape index (κ2) is 14.6. The Morgan fingerprint density at radius 2 is 1.54 bits per heavy atom. The topological polar surface area (TPSA) is 79.2 Å². The minimum atomic E-state index is -0.0963. The van der Waals surface area contributed by atoms with Crippen LogP contribution in [0, 0.1) is 5.41 Å². The van der Waals surface area contributed by atoms with Crippen LogP contribution in [0.25, 0.3) is 0 Å². The van der Waals surface area contributed by atoms with E-state index in [2.05, 4.69) is 24.2 Å². The van der Waals surface area contributed by atoms with Crippen LogP contribution in [-0.4, -0.2) is 24.5 Å².